The quantitative estimate of drug-likeness (QED) is 0.558. The summed E-state index contributed by atoms with van der Waals surface area (Å²) in [5.74, 6) is 1.83. The second-order valence-corrected chi connectivity index (χ2v) is 7.41. The van der Waals surface area contributed by atoms with Gasteiger partial charge in [-0.3, -0.25) is 9.79 Å². The Kier molecular flexibility index (Phi) is 7.11. The molecule has 0 unspecified atom stereocenters. The van der Waals surface area contributed by atoms with E-state index < -0.39 is 0 Å². The van der Waals surface area contributed by atoms with E-state index in [4.69, 9.17) is 4.74 Å². The summed E-state index contributed by atoms with van der Waals surface area (Å²) in [5, 5.41) is 6.65. The second kappa shape index (κ2) is 9.96. The highest BCUT2D eigenvalue weighted by Crippen LogP contribution is 2.21. The molecule has 1 fully saturated rings. The largest absolute Gasteiger partial charge is 0.491 e. The summed E-state index contributed by atoms with van der Waals surface area (Å²) in [6.07, 6.45) is 1.77. The Labute approximate surface area is 173 Å². The van der Waals surface area contributed by atoms with E-state index in [1.807, 2.05) is 43.0 Å². The maximum atomic E-state index is 11.9. The minimum atomic E-state index is 0.173. The van der Waals surface area contributed by atoms with E-state index in [9.17, 15) is 4.79 Å². The van der Waals surface area contributed by atoms with Crippen molar-refractivity contribution in [2.45, 2.75) is 45.9 Å². The molecular weight excluding hydrogens is 364 g/mol. The van der Waals surface area contributed by atoms with Gasteiger partial charge in [-0.2, -0.15) is 0 Å². The van der Waals surface area contributed by atoms with Crippen molar-refractivity contribution in [1.29, 1.82) is 0 Å². The van der Waals surface area contributed by atoms with Crippen molar-refractivity contribution >= 4 is 17.6 Å². The van der Waals surface area contributed by atoms with Gasteiger partial charge in [0.05, 0.1) is 6.10 Å². The number of rotatable bonds is 7. The normalized spacial score (nSPS) is 14.4. The van der Waals surface area contributed by atoms with Crippen LogP contribution in [0.15, 0.2) is 53.5 Å². The molecule has 29 heavy (non-hydrogen) atoms. The van der Waals surface area contributed by atoms with E-state index in [0.29, 0.717) is 19.5 Å². The molecule has 1 aliphatic rings. The molecule has 1 saturated heterocycles. The highest BCUT2D eigenvalue weighted by Gasteiger charge is 2.21. The Bertz CT molecular complexity index is 829. The van der Waals surface area contributed by atoms with Crippen LogP contribution in [-0.2, 0) is 17.9 Å². The summed E-state index contributed by atoms with van der Waals surface area (Å²) in [4.78, 5) is 18.0. The average molecular weight is 395 g/mol. The number of hydrogen-bond acceptors (Lipinski definition) is 3. The predicted molar refractivity (Wildman–Crippen MR) is 117 cm³/mol. The zero-order valence-corrected chi connectivity index (χ0v) is 17.4. The zero-order chi connectivity index (χ0) is 20.6. The minimum absolute atomic E-state index is 0.173. The van der Waals surface area contributed by atoms with E-state index in [0.717, 1.165) is 41.5 Å². The third kappa shape index (κ3) is 5.98. The van der Waals surface area contributed by atoms with Gasteiger partial charge in [0.1, 0.15) is 5.75 Å². The Hall–Kier alpha value is -3.02. The van der Waals surface area contributed by atoms with Gasteiger partial charge in [-0.15, -0.1) is 0 Å². The van der Waals surface area contributed by atoms with Gasteiger partial charge in [0.2, 0.25) is 5.91 Å². The minimum Gasteiger partial charge on any atom is -0.491 e. The number of anilines is 1. The molecule has 2 aromatic carbocycles. The van der Waals surface area contributed by atoms with Gasteiger partial charge in [0, 0.05) is 38.8 Å². The molecule has 1 aliphatic heterocycles. The first-order valence-corrected chi connectivity index (χ1v) is 10.1. The van der Waals surface area contributed by atoms with E-state index in [1.54, 1.807) is 7.05 Å². The van der Waals surface area contributed by atoms with Crippen molar-refractivity contribution < 1.29 is 9.53 Å². The fraction of sp³-hybridized carbons (Fsp3) is 0.391. The molecule has 0 spiro atoms. The van der Waals surface area contributed by atoms with Crippen molar-refractivity contribution in [3.05, 3.63) is 59.7 Å². The SMILES string of the molecule is CN=C(NCc1ccc(OC(C)C)cc1)NCc1ccc(N2CCCC2=O)cc1. The van der Waals surface area contributed by atoms with Crippen molar-refractivity contribution in [3.63, 3.8) is 0 Å². The van der Waals surface area contributed by atoms with E-state index in [1.165, 1.54) is 0 Å². The lowest BCUT2D eigenvalue weighted by atomic mass is 10.2. The lowest BCUT2D eigenvalue weighted by molar-refractivity contribution is -0.117. The lowest BCUT2D eigenvalue weighted by Crippen LogP contribution is -2.36. The summed E-state index contributed by atoms with van der Waals surface area (Å²) >= 11 is 0. The van der Waals surface area contributed by atoms with Gasteiger partial charge in [-0.05, 0) is 55.7 Å². The highest BCUT2D eigenvalue weighted by atomic mass is 16.5. The van der Waals surface area contributed by atoms with Crippen molar-refractivity contribution in [2.24, 2.45) is 4.99 Å². The maximum absolute atomic E-state index is 11.9. The maximum Gasteiger partial charge on any atom is 0.227 e. The molecule has 0 aromatic heterocycles. The number of nitrogens with zero attached hydrogens (tertiary/aromatic N) is 2. The molecule has 2 N–H and O–H groups in total. The first kappa shape index (κ1) is 20.7. The van der Waals surface area contributed by atoms with Gasteiger partial charge in [0.15, 0.2) is 5.96 Å². The summed E-state index contributed by atoms with van der Waals surface area (Å²) in [5.41, 5.74) is 3.27. The van der Waals surface area contributed by atoms with Crippen molar-refractivity contribution in [3.8, 4) is 5.75 Å². The molecule has 0 saturated carbocycles. The van der Waals surface area contributed by atoms with E-state index in [-0.39, 0.29) is 12.0 Å². The van der Waals surface area contributed by atoms with Gasteiger partial charge in [0.25, 0.3) is 0 Å². The summed E-state index contributed by atoms with van der Waals surface area (Å²) < 4.78 is 5.67. The van der Waals surface area contributed by atoms with Gasteiger partial charge >= 0.3 is 0 Å². The summed E-state index contributed by atoms with van der Waals surface area (Å²) in [6, 6.07) is 16.2. The van der Waals surface area contributed by atoms with E-state index in [2.05, 4.69) is 39.9 Å². The third-order valence-electron chi connectivity index (χ3n) is 4.76. The van der Waals surface area contributed by atoms with Crippen molar-refractivity contribution in [1.82, 2.24) is 10.6 Å². The van der Waals surface area contributed by atoms with Crippen LogP contribution in [0.4, 0.5) is 5.69 Å². The molecule has 1 heterocycles. The van der Waals surface area contributed by atoms with Crippen LogP contribution in [-0.4, -0.2) is 31.6 Å². The molecule has 2 aromatic rings. The predicted octanol–water partition coefficient (Wildman–Crippen LogP) is 3.47. The standard InChI is InChI=1S/C23H30N4O2/c1-17(2)29-21-12-8-19(9-13-21)16-26-23(24-3)25-15-18-6-10-20(11-7-18)27-14-4-5-22(27)28/h6-13,17H,4-5,14-16H2,1-3H3,(H2,24,25,26). The molecule has 0 bridgehead atoms. The van der Waals surface area contributed by atoms with Crippen LogP contribution >= 0.6 is 0 Å². The number of guanidine groups is 1. The number of nitrogens with one attached hydrogen (secondary N) is 2. The molecule has 6 heteroatoms. The Morgan fingerprint density at radius 1 is 1.03 bits per heavy atom. The molecule has 0 aliphatic carbocycles. The van der Waals surface area contributed by atoms with Gasteiger partial charge < -0.3 is 20.3 Å². The number of carbonyl (C=O) groups excluding carboxylic acids is 1. The number of ether oxygens (including phenoxy) is 1. The number of aliphatic imine (C=N–C) groups is 1. The Morgan fingerprint density at radius 2 is 1.62 bits per heavy atom. The zero-order valence-electron chi connectivity index (χ0n) is 17.4. The topological polar surface area (TPSA) is 66.0 Å². The molecule has 154 valence electrons. The van der Waals surface area contributed by atoms with Crippen LogP contribution in [0, 0.1) is 0 Å². The lowest BCUT2D eigenvalue weighted by Gasteiger charge is -2.16. The van der Waals surface area contributed by atoms with Crippen LogP contribution < -0.4 is 20.3 Å². The van der Waals surface area contributed by atoms with Crippen molar-refractivity contribution in [2.75, 3.05) is 18.5 Å². The number of hydrogen-bond donors (Lipinski definition) is 2. The average Bonchev–Trinajstić information content (AvgIpc) is 3.15. The van der Waals surface area contributed by atoms with Crippen LogP contribution in [0.25, 0.3) is 0 Å². The Morgan fingerprint density at radius 3 is 2.10 bits per heavy atom. The van der Waals surface area contributed by atoms with Crippen LogP contribution in [0.1, 0.15) is 37.8 Å². The van der Waals surface area contributed by atoms with E-state index >= 15 is 0 Å². The monoisotopic (exact) mass is 394 g/mol. The molecule has 6 nitrogen and oxygen atoms in total. The smallest absolute Gasteiger partial charge is 0.227 e. The first-order chi connectivity index (χ1) is 14.0. The van der Waals surface area contributed by atoms with Gasteiger partial charge in [-0.1, -0.05) is 24.3 Å². The molecular formula is C23H30N4O2. The number of amides is 1. The molecule has 3 rings (SSSR count). The fourth-order valence-corrected chi connectivity index (χ4v) is 3.27. The van der Waals surface area contributed by atoms with Crippen LogP contribution in [0.5, 0.6) is 5.75 Å². The highest BCUT2D eigenvalue weighted by molar-refractivity contribution is 5.95. The second-order valence-electron chi connectivity index (χ2n) is 7.41. The summed E-state index contributed by atoms with van der Waals surface area (Å²) in [7, 11) is 1.76. The third-order valence-corrected chi connectivity index (χ3v) is 4.76. The van der Waals surface area contributed by atoms with Crippen LogP contribution in [0.3, 0.4) is 0 Å². The summed E-state index contributed by atoms with van der Waals surface area (Å²) in [6.45, 7) is 6.19. The fourth-order valence-electron chi connectivity index (χ4n) is 3.27. The first-order valence-electron chi connectivity index (χ1n) is 10.1. The molecule has 0 atom stereocenters. The molecule has 1 amide bonds. The Balaban J connectivity index is 1.47. The number of carbonyl (C=O) groups is 1. The molecule has 0 radical (unpaired) electrons. The van der Waals surface area contributed by atoms with Crippen LogP contribution in [0.2, 0.25) is 0 Å². The van der Waals surface area contributed by atoms with Gasteiger partial charge in [-0.25, -0.2) is 0 Å². The number of benzene rings is 2.